The minimum atomic E-state index is -1.04. The molecule has 0 bridgehead atoms. The molecule has 0 saturated carbocycles. The highest BCUT2D eigenvalue weighted by molar-refractivity contribution is 6.30. The number of halogens is 1. The molecule has 2 atom stereocenters. The largest absolute Gasteiger partial charge is 0.379 e. The number of imide groups is 2. The number of hydrogen-bond acceptors (Lipinski definition) is 14. The highest BCUT2D eigenvalue weighted by atomic mass is 35.5. The van der Waals surface area contributed by atoms with E-state index >= 15 is 0 Å². The van der Waals surface area contributed by atoms with Crippen molar-refractivity contribution in [2.45, 2.75) is 58.4 Å². The molecule has 334 valence electrons. The molecule has 3 aliphatic heterocycles. The Kier molecular flexibility index (Phi) is 12.7. The number of piperidine rings is 1. The first-order valence-corrected chi connectivity index (χ1v) is 21.6. The van der Waals surface area contributed by atoms with Crippen LogP contribution < -0.4 is 10.6 Å². The highest BCUT2D eigenvalue weighted by Crippen LogP contribution is 2.35. The SMILES string of the molecule is Cc1nnc2n1-c1ccc(-c3cnn(CCOCCOCCOCCn4cc(CNc5cccc6c5C(=O)N(C5CCC(=O)NC5=O)C6=O)nn4)c3)cc1C(c1ccc(Cl)cc1)=N[C@H]2C. The summed E-state index contributed by atoms with van der Waals surface area (Å²) in [5.74, 6) is -0.651. The zero-order chi connectivity index (χ0) is 45.0. The number of amides is 4. The number of aromatic nitrogens is 8. The monoisotopic (exact) mass is 900 g/mol. The van der Waals surface area contributed by atoms with Gasteiger partial charge in [-0.1, -0.05) is 41.1 Å². The van der Waals surface area contributed by atoms with Gasteiger partial charge in [0.05, 0.1) is 94.2 Å². The number of fused-ring (bicyclic) bond motifs is 4. The second-order valence-corrected chi connectivity index (χ2v) is 16.1. The number of benzene rings is 3. The average molecular weight is 901 g/mol. The van der Waals surface area contributed by atoms with Gasteiger partial charge in [0.15, 0.2) is 5.82 Å². The van der Waals surface area contributed by atoms with Crippen molar-refractivity contribution in [3.63, 3.8) is 0 Å². The van der Waals surface area contributed by atoms with Gasteiger partial charge in [-0.3, -0.25) is 43.6 Å². The van der Waals surface area contributed by atoms with Gasteiger partial charge in [-0.05, 0) is 62.2 Å². The maximum Gasteiger partial charge on any atom is 0.264 e. The van der Waals surface area contributed by atoms with Gasteiger partial charge in [0.25, 0.3) is 11.8 Å². The summed E-state index contributed by atoms with van der Waals surface area (Å²) in [6.07, 6.45) is 5.76. The molecule has 3 aliphatic rings. The normalized spacial score (nSPS) is 16.8. The van der Waals surface area contributed by atoms with Crippen molar-refractivity contribution < 1.29 is 33.4 Å². The molecule has 1 unspecified atom stereocenters. The van der Waals surface area contributed by atoms with Crippen LogP contribution in [-0.4, -0.2) is 119 Å². The quantitative estimate of drug-likeness (QED) is 0.0908. The number of nitrogens with one attached hydrogen (secondary N) is 2. The molecule has 0 aliphatic carbocycles. The van der Waals surface area contributed by atoms with E-state index in [1.165, 1.54) is 0 Å². The Hall–Kier alpha value is -6.93. The summed E-state index contributed by atoms with van der Waals surface area (Å²) in [7, 11) is 0. The number of aryl methyl sites for hydroxylation is 1. The molecule has 65 heavy (non-hydrogen) atoms. The standard InChI is InChI=1S/C45H45ClN12O7/c1-27-42-53-51-28(2)57(42)37-11-8-30(22-35(37)41(49-27)29-6-9-32(46)10-7-29)31-23-48-55(25-31)14-16-63-18-20-65-21-19-64-17-15-56-26-33(52-54-56)24-47-36-5-3-4-34-40(36)45(62)58(44(34)61)38-12-13-39(59)50-43(38)60/h3-11,22-23,25-27,38,47H,12-21,24H2,1-2H3,(H,50,59,60)/t27-,38?/m0/s1. The van der Waals surface area contributed by atoms with Gasteiger partial charge in [0.2, 0.25) is 11.8 Å². The summed E-state index contributed by atoms with van der Waals surface area (Å²) in [6.45, 7) is 7.77. The second kappa shape index (κ2) is 19.0. The maximum atomic E-state index is 13.4. The molecule has 1 saturated heterocycles. The number of anilines is 1. The van der Waals surface area contributed by atoms with E-state index in [-0.39, 0.29) is 36.6 Å². The first-order valence-electron chi connectivity index (χ1n) is 21.3. The zero-order valence-electron chi connectivity index (χ0n) is 35.6. The van der Waals surface area contributed by atoms with Gasteiger partial charge in [0.1, 0.15) is 23.6 Å². The topological polar surface area (TPSA) is 215 Å². The molecule has 0 spiro atoms. The summed E-state index contributed by atoms with van der Waals surface area (Å²) >= 11 is 6.23. The van der Waals surface area contributed by atoms with E-state index < -0.39 is 29.7 Å². The molecular weight excluding hydrogens is 856 g/mol. The molecule has 3 aromatic heterocycles. The van der Waals surface area contributed by atoms with Crippen LogP contribution in [0.5, 0.6) is 0 Å². The number of rotatable bonds is 18. The lowest BCUT2D eigenvalue weighted by atomic mass is 9.96. The molecule has 3 aromatic carbocycles. The third kappa shape index (κ3) is 9.21. The van der Waals surface area contributed by atoms with Gasteiger partial charge in [0, 0.05) is 40.0 Å². The van der Waals surface area contributed by atoms with Crippen molar-refractivity contribution in [1.82, 2.24) is 49.8 Å². The number of hydrogen-bond donors (Lipinski definition) is 2. The van der Waals surface area contributed by atoms with Crippen LogP contribution >= 0.6 is 11.6 Å². The zero-order valence-corrected chi connectivity index (χ0v) is 36.4. The molecule has 0 radical (unpaired) electrons. The Labute approximate surface area is 377 Å². The number of ether oxygens (including phenoxy) is 3. The van der Waals surface area contributed by atoms with E-state index in [0.29, 0.717) is 69.1 Å². The third-order valence-electron chi connectivity index (χ3n) is 11.3. The maximum absolute atomic E-state index is 13.4. The third-order valence-corrected chi connectivity index (χ3v) is 11.6. The number of aliphatic imine (C=N–C) groups is 1. The predicted octanol–water partition coefficient (Wildman–Crippen LogP) is 4.36. The van der Waals surface area contributed by atoms with Crippen LogP contribution in [0.4, 0.5) is 5.69 Å². The summed E-state index contributed by atoms with van der Waals surface area (Å²) in [5.41, 5.74) is 7.14. The minimum Gasteiger partial charge on any atom is -0.379 e. The highest BCUT2D eigenvalue weighted by Gasteiger charge is 2.45. The van der Waals surface area contributed by atoms with Crippen LogP contribution in [0.25, 0.3) is 16.8 Å². The fourth-order valence-corrected chi connectivity index (χ4v) is 8.20. The Morgan fingerprint density at radius 2 is 1.54 bits per heavy atom. The Bertz CT molecular complexity index is 2800. The average Bonchev–Trinajstić information content (AvgIpc) is 4.10. The van der Waals surface area contributed by atoms with E-state index in [9.17, 15) is 19.2 Å². The van der Waals surface area contributed by atoms with Gasteiger partial charge in [-0.2, -0.15) is 5.10 Å². The number of nitrogens with zero attached hydrogens (tertiary/aromatic N) is 10. The molecule has 1 fully saturated rings. The fraction of sp³-hybridized carbons (Fsp3) is 0.333. The van der Waals surface area contributed by atoms with E-state index in [4.69, 9.17) is 30.8 Å². The van der Waals surface area contributed by atoms with Crippen molar-refractivity contribution in [2.75, 3.05) is 45.0 Å². The van der Waals surface area contributed by atoms with Gasteiger partial charge >= 0.3 is 0 Å². The molecule has 6 aromatic rings. The van der Waals surface area contributed by atoms with Crippen LogP contribution in [0.3, 0.4) is 0 Å². The van der Waals surface area contributed by atoms with Crippen molar-refractivity contribution >= 4 is 46.6 Å². The first kappa shape index (κ1) is 43.3. The summed E-state index contributed by atoms with van der Waals surface area (Å²) in [5, 5.41) is 27.8. The van der Waals surface area contributed by atoms with Crippen LogP contribution in [0.2, 0.25) is 5.02 Å². The fourth-order valence-electron chi connectivity index (χ4n) is 8.08. The lowest BCUT2D eigenvalue weighted by Crippen LogP contribution is -2.54. The molecule has 2 N–H and O–H groups in total. The molecule has 20 heteroatoms. The molecule has 4 amide bonds. The van der Waals surface area contributed by atoms with E-state index in [1.54, 1.807) is 29.1 Å². The van der Waals surface area contributed by atoms with Crippen molar-refractivity contribution in [3.05, 3.63) is 124 Å². The molecule has 19 nitrogen and oxygen atoms in total. The van der Waals surface area contributed by atoms with Crippen LogP contribution in [-0.2, 0) is 43.4 Å². The summed E-state index contributed by atoms with van der Waals surface area (Å²) in [4.78, 5) is 56.6. The lowest BCUT2D eigenvalue weighted by Gasteiger charge is -2.27. The Morgan fingerprint density at radius 1 is 0.800 bits per heavy atom. The van der Waals surface area contributed by atoms with E-state index in [2.05, 4.69) is 59.0 Å². The number of carbonyl (C=O) groups is 4. The van der Waals surface area contributed by atoms with Gasteiger partial charge in [-0.25, -0.2) is 4.68 Å². The second-order valence-electron chi connectivity index (χ2n) is 15.7. The predicted molar refractivity (Wildman–Crippen MR) is 236 cm³/mol. The first-order chi connectivity index (χ1) is 31.6. The van der Waals surface area contributed by atoms with Crippen molar-refractivity contribution in [1.29, 1.82) is 0 Å². The van der Waals surface area contributed by atoms with Crippen LogP contribution in [0.1, 0.15) is 75.0 Å². The summed E-state index contributed by atoms with van der Waals surface area (Å²) in [6, 6.07) is 17.7. The van der Waals surface area contributed by atoms with Gasteiger partial charge in [-0.15, -0.1) is 15.3 Å². The van der Waals surface area contributed by atoms with E-state index in [0.717, 1.165) is 50.2 Å². The van der Waals surface area contributed by atoms with Crippen LogP contribution in [0.15, 0.2) is 84.2 Å². The van der Waals surface area contributed by atoms with Gasteiger partial charge < -0.3 is 19.5 Å². The summed E-state index contributed by atoms with van der Waals surface area (Å²) < 4.78 is 22.8. The van der Waals surface area contributed by atoms with Crippen molar-refractivity contribution in [2.24, 2.45) is 4.99 Å². The Morgan fingerprint density at radius 3 is 2.31 bits per heavy atom. The molecule has 9 rings (SSSR count). The van der Waals surface area contributed by atoms with Crippen LogP contribution in [0, 0.1) is 6.92 Å². The smallest absolute Gasteiger partial charge is 0.264 e. The molecular formula is C45H45ClN12O7. The molecule has 6 heterocycles. The van der Waals surface area contributed by atoms with E-state index in [1.807, 2.05) is 55.2 Å². The lowest BCUT2D eigenvalue weighted by molar-refractivity contribution is -0.136. The minimum absolute atomic E-state index is 0.0503. The Balaban J connectivity index is 0.677. The number of carbonyl (C=O) groups excluding carboxylic acids is 4. The van der Waals surface area contributed by atoms with Crippen molar-refractivity contribution in [3.8, 4) is 16.8 Å².